The number of hydrogen-bond acceptors (Lipinski definition) is 6. The van der Waals surface area contributed by atoms with Crippen LogP contribution in [-0.4, -0.2) is 25.0 Å². The van der Waals surface area contributed by atoms with E-state index in [1.165, 1.54) is 0 Å². The molecule has 0 amide bonds. The van der Waals surface area contributed by atoms with E-state index in [9.17, 15) is 10.5 Å². The van der Waals surface area contributed by atoms with E-state index in [2.05, 4.69) is 31.0 Å². The molecule has 23 heavy (non-hydrogen) atoms. The van der Waals surface area contributed by atoms with Crippen molar-refractivity contribution in [2.75, 3.05) is 13.2 Å². The fraction of sp³-hybridized carbons (Fsp3) is 0.824. The summed E-state index contributed by atoms with van der Waals surface area (Å²) in [7, 11) is 0. The normalized spacial score (nSPS) is 35.4. The highest BCUT2D eigenvalue weighted by atomic mass is 16.8. The van der Waals surface area contributed by atoms with Crippen LogP contribution in [0.3, 0.4) is 0 Å². The van der Waals surface area contributed by atoms with Gasteiger partial charge in [0.25, 0.3) is 5.91 Å². The van der Waals surface area contributed by atoms with Crippen LogP contribution in [0.4, 0.5) is 0 Å². The summed E-state index contributed by atoms with van der Waals surface area (Å²) < 4.78 is 11.6. The van der Waals surface area contributed by atoms with E-state index in [1.54, 1.807) is 0 Å². The molecule has 124 valence electrons. The summed E-state index contributed by atoms with van der Waals surface area (Å²) in [5.41, 5.74) is 3.50. The van der Waals surface area contributed by atoms with Crippen molar-refractivity contribution in [1.29, 1.82) is 10.5 Å². The third kappa shape index (κ3) is 1.47. The van der Waals surface area contributed by atoms with Gasteiger partial charge in [-0.15, -0.1) is 0 Å². The maximum absolute atomic E-state index is 10.2. The number of hydrogen-bond donors (Lipinski definition) is 1. The lowest BCUT2D eigenvalue weighted by Crippen LogP contribution is -2.41. The number of unbranched alkanes of at least 4 members (excludes halogenated alkanes) is 2. The molecule has 0 aromatic carbocycles. The third-order valence-corrected chi connectivity index (χ3v) is 5.99. The van der Waals surface area contributed by atoms with E-state index in [-0.39, 0.29) is 5.84 Å². The summed E-state index contributed by atoms with van der Waals surface area (Å²) in [5, 5.41) is 20.2. The molecule has 2 aliphatic heterocycles. The highest BCUT2D eigenvalue weighted by molar-refractivity contribution is 6.00. The molecule has 2 atom stereocenters. The number of ether oxygens (including phenoxy) is 2. The summed E-state index contributed by atoms with van der Waals surface area (Å²) in [6.07, 6.45) is 5.44. The molecule has 1 saturated carbocycles. The Balaban J connectivity index is 2.15. The highest BCUT2D eigenvalue weighted by Gasteiger charge is 3.00. The van der Waals surface area contributed by atoms with Crippen LogP contribution in [-0.2, 0) is 9.47 Å². The van der Waals surface area contributed by atoms with E-state index in [0.717, 1.165) is 38.5 Å². The lowest BCUT2D eigenvalue weighted by molar-refractivity contribution is -0.193. The molecule has 0 aromatic heterocycles. The summed E-state index contributed by atoms with van der Waals surface area (Å²) in [6, 6.07) is 4.79. The minimum Gasteiger partial charge on any atom is -0.386 e. The van der Waals surface area contributed by atoms with Gasteiger partial charge in [-0.2, -0.15) is 10.5 Å². The number of nitrogens with two attached hydrogens (primary N) is 1. The Hall–Kier alpha value is -1.63. The van der Waals surface area contributed by atoms with Crippen LogP contribution in [0.5, 0.6) is 0 Å². The topological polar surface area (TPSA) is 104 Å². The van der Waals surface area contributed by atoms with Gasteiger partial charge in [0.1, 0.15) is 11.3 Å². The van der Waals surface area contributed by atoms with Gasteiger partial charge in [-0.1, -0.05) is 39.5 Å². The van der Waals surface area contributed by atoms with Crippen LogP contribution < -0.4 is 5.73 Å². The monoisotopic (exact) mass is 316 g/mol. The van der Waals surface area contributed by atoms with Crippen LogP contribution >= 0.6 is 0 Å². The number of fused-ring (bicyclic) bond motifs is 2. The largest absolute Gasteiger partial charge is 0.386 e. The lowest BCUT2D eigenvalue weighted by Gasteiger charge is -2.31. The predicted molar refractivity (Wildman–Crippen MR) is 83.8 cm³/mol. The van der Waals surface area contributed by atoms with Crippen molar-refractivity contribution in [2.45, 2.75) is 58.3 Å². The smallest absolute Gasteiger partial charge is 0.293 e. The number of nitrogens with zero attached hydrogens (tertiary/aromatic N) is 3. The zero-order valence-electron chi connectivity index (χ0n) is 13.9. The quantitative estimate of drug-likeness (QED) is 0.810. The van der Waals surface area contributed by atoms with E-state index in [0.29, 0.717) is 13.2 Å². The van der Waals surface area contributed by atoms with Gasteiger partial charge in [-0.05, 0) is 12.8 Å². The zero-order valence-corrected chi connectivity index (χ0v) is 13.9. The predicted octanol–water partition coefficient (Wildman–Crippen LogP) is 2.46. The minimum absolute atomic E-state index is 0.218. The first-order valence-electron chi connectivity index (χ1n) is 8.54. The molecule has 2 N–H and O–H groups in total. The number of rotatable bonds is 6. The van der Waals surface area contributed by atoms with Gasteiger partial charge in [0.05, 0.1) is 25.4 Å². The SMILES string of the molecule is CCCCC1(CCCC)[C@]2(C#N)C3(N=C(N)[C@]12C#N)OCCO3. The molecule has 6 heteroatoms. The van der Waals surface area contributed by atoms with Crippen molar-refractivity contribution in [3.8, 4) is 12.1 Å². The summed E-state index contributed by atoms with van der Waals surface area (Å²) in [6.45, 7) is 4.97. The van der Waals surface area contributed by atoms with Gasteiger partial charge in [0, 0.05) is 5.41 Å². The van der Waals surface area contributed by atoms with Gasteiger partial charge in [0.15, 0.2) is 5.41 Å². The Morgan fingerprint density at radius 3 is 2.09 bits per heavy atom. The maximum atomic E-state index is 10.2. The number of nitriles is 2. The van der Waals surface area contributed by atoms with E-state index in [1.807, 2.05) is 0 Å². The van der Waals surface area contributed by atoms with Crippen LogP contribution in [0.25, 0.3) is 0 Å². The van der Waals surface area contributed by atoms with E-state index < -0.39 is 22.2 Å². The molecular formula is C17H24N4O2. The molecule has 1 aliphatic carbocycles. The van der Waals surface area contributed by atoms with E-state index >= 15 is 0 Å². The maximum Gasteiger partial charge on any atom is 0.293 e. The molecule has 6 nitrogen and oxygen atoms in total. The Morgan fingerprint density at radius 2 is 1.65 bits per heavy atom. The minimum atomic E-state index is -1.39. The van der Waals surface area contributed by atoms with Gasteiger partial charge in [-0.25, -0.2) is 4.99 Å². The molecule has 2 fully saturated rings. The van der Waals surface area contributed by atoms with Crippen molar-refractivity contribution >= 4 is 5.84 Å². The fourth-order valence-electron chi connectivity index (χ4n) is 5.02. The Morgan fingerprint density at radius 1 is 1.09 bits per heavy atom. The van der Waals surface area contributed by atoms with Gasteiger partial charge in [-0.3, -0.25) is 0 Å². The van der Waals surface area contributed by atoms with Crippen molar-refractivity contribution in [1.82, 2.24) is 0 Å². The molecule has 3 rings (SSSR count). The molecule has 2 heterocycles. The first-order chi connectivity index (χ1) is 11.1. The summed E-state index contributed by atoms with van der Waals surface area (Å²) in [4.78, 5) is 4.35. The van der Waals surface area contributed by atoms with Gasteiger partial charge >= 0.3 is 0 Å². The first kappa shape index (κ1) is 16.2. The molecule has 0 aromatic rings. The Kier molecular flexibility index (Phi) is 3.66. The molecule has 1 saturated heterocycles. The Labute approximate surface area is 137 Å². The van der Waals surface area contributed by atoms with Crippen LogP contribution in [0.1, 0.15) is 52.4 Å². The summed E-state index contributed by atoms with van der Waals surface area (Å²) in [5.74, 6) is -1.17. The second-order valence-corrected chi connectivity index (χ2v) is 6.79. The summed E-state index contributed by atoms with van der Waals surface area (Å²) >= 11 is 0. The number of amidine groups is 1. The van der Waals surface area contributed by atoms with Crippen molar-refractivity contribution in [3.63, 3.8) is 0 Å². The van der Waals surface area contributed by atoms with Crippen molar-refractivity contribution < 1.29 is 9.47 Å². The van der Waals surface area contributed by atoms with Crippen LogP contribution in [0, 0.1) is 38.9 Å². The molecular weight excluding hydrogens is 292 g/mol. The molecule has 0 unspecified atom stereocenters. The first-order valence-corrected chi connectivity index (χ1v) is 8.54. The lowest BCUT2D eigenvalue weighted by atomic mass is 9.80. The highest BCUT2D eigenvalue weighted by Crippen LogP contribution is 2.88. The zero-order chi connectivity index (χ0) is 16.8. The van der Waals surface area contributed by atoms with Crippen molar-refractivity contribution in [2.24, 2.45) is 27.0 Å². The standard InChI is InChI=1S/C17H24N4O2/c1-3-5-7-14(8-6-4-2)15(11-18)13(20)21-17(16(14,15)12-19)22-9-10-23-17/h3-10H2,1-2H3,(H2,20,21)/t15-,16+/m1/s1. The second kappa shape index (κ2) is 5.19. The average Bonchev–Trinajstić information content (AvgIpc) is 2.81. The fourth-order valence-corrected chi connectivity index (χ4v) is 5.02. The molecule has 0 bridgehead atoms. The van der Waals surface area contributed by atoms with Gasteiger partial charge in [0.2, 0.25) is 0 Å². The Bertz CT molecular complexity index is 603. The molecule has 3 aliphatic rings. The second-order valence-electron chi connectivity index (χ2n) is 6.79. The van der Waals surface area contributed by atoms with E-state index in [4.69, 9.17) is 15.2 Å². The third-order valence-electron chi connectivity index (χ3n) is 5.99. The van der Waals surface area contributed by atoms with Crippen LogP contribution in [0.15, 0.2) is 4.99 Å². The molecule has 1 spiro atoms. The number of aliphatic imine (C=N–C) groups is 1. The van der Waals surface area contributed by atoms with Crippen LogP contribution in [0.2, 0.25) is 0 Å². The van der Waals surface area contributed by atoms with Crippen molar-refractivity contribution in [3.05, 3.63) is 0 Å². The molecule has 0 radical (unpaired) electrons. The van der Waals surface area contributed by atoms with Gasteiger partial charge < -0.3 is 15.2 Å². The average molecular weight is 316 g/mol.